The molecule has 2 aromatic carbocycles. The molecule has 4 heteroatoms. The number of ether oxygens (including phenoxy) is 1. The first-order valence-electron chi connectivity index (χ1n) is 11.6. The average molecular weight is 418 g/mol. The van der Waals surface area contributed by atoms with Crippen molar-refractivity contribution in [2.75, 3.05) is 7.11 Å². The lowest BCUT2D eigenvalue weighted by Crippen LogP contribution is -2.57. The predicted molar refractivity (Wildman–Crippen MR) is 119 cm³/mol. The predicted octanol–water partition coefficient (Wildman–Crippen LogP) is 4.69. The summed E-state index contributed by atoms with van der Waals surface area (Å²) in [5.41, 5.74) is 1.68. The Bertz CT molecular complexity index is 865. The maximum atomic E-state index is 13.8. The summed E-state index contributed by atoms with van der Waals surface area (Å²) in [6.07, 6.45) is 6.76. The summed E-state index contributed by atoms with van der Waals surface area (Å²) in [4.78, 5) is 26.8. The molecule has 0 aromatic heterocycles. The Hall–Kier alpha value is -2.62. The second kappa shape index (κ2) is 8.14. The van der Waals surface area contributed by atoms with Crippen molar-refractivity contribution in [2.24, 2.45) is 23.2 Å². The van der Waals surface area contributed by atoms with Gasteiger partial charge in [0.1, 0.15) is 6.04 Å². The molecule has 0 heterocycles. The number of benzene rings is 2. The van der Waals surface area contributed by atoms with Gasteiger partial charge in [-0.3, -0.25) is 4.79 Å². The van der Waals surface area contributed by atoms with Crippen LogP contribution in [0.25, 0.3) is 0 Å². The molecule has 4 aliphatic rings. The lowest BCUT2D eigenvalue weighted by molar-refractivity contribution is -0.153. The molecule has 1 amide bonds. The van der Waals surface area contributed by atoms with Crippen molar-refractivity contribution in [3.63, 3.8) is 0 Å². The summed E-state index contributed by atoms with van der Waals surface area (Å²) in [6, 6.07) is 19.1. The molecule has 2 aromatic rings. The zero-order chi connectivity index (χ0) is 21.4. The van der Waals surface area contributed by atoms with Gasteiger partial charge < -0.3 is 10.1 Å². The van der Waals surface area contributed by atoms with Crippen molar-refractivity contribution >= 4 is 11.9 Å². The van der Waals surface area contributed by atoms with E-state index >= 15 is 0 Å². The van der Waals surface area contributed by atoms with Gasteiger partial charge in [-0.15, -0.1) is 0 Å². The minimum absolute atomic E-state index is 0.0545. The molecule has 31 heavy (non-hydrogen) atoms. The fraction of sp³-hybridized carbons (Fsp3) is 0.481. The van der Waals surface area contributed by atoms with Crippen LogP contribution in [-0.4, -0.2) is 25.0 Å². The van der Waals surface area contributed by atoms with E-state index in [-0.39, 0.29) is 17.2 Å². The third kappa shape index (κ3) is 3.77. The molecule has 0 unspecified atom stereocenters. The quantitative estimate of drug-likeness (QED) is 0.694. The summed E-state index contributed by atoms with van der Waals surface area (Å²) in [7, 11) is 1.40. The molecule has 4 nitrogen and oxygen atoms in total. The summed E-state index contributed by atoms with van der Waals surface area (Å²) < 4.78 is 5.20. The Kier molecular flexibility index (Phi) is 5.33. The van der Waals surface area contributed by atoms with Crippen LogP contribution in [0, 0.1) is 23.2 Å². The molecule has 0 saturated heterocycles. The number of methoxy groups -OCH3 is 1. The number of esters is 1. The van der Waals surface area contributed by atoms with Crippen LogP contribution < -0.4 is 5.32 Å². The molecular weight excluding hydrogens is 386 g/mol. The molecule has 4 aliphatic carbocycles. The molecule has 4 fully saturated rings. The van der Waals surface area contributed by atoms with Crippen LogP contribution in [0.15, 0.2) is 60.7 Å². The molecule has 0 spiro atoms. The standard InChI is InChI=1S/C27H31NO3/c1-31-25(29)24(23(21-8-4-2-5-9-21)22-10-6-3-7-11-22)28-26(30)27-15-18-12-19(16-27)14-20(13-18)17-27/h2-11,18-20,23-24H,12-17H2,1H3,(H,28,30)/t18?,19?,20?,24-,27?/m0/s1. The largest absolute Gasteiger partial charge is 0.467 e. The van der Waals surface area contributed by atoms with E-state index in [1.165, 1.54) is 26.4 Å². The first-order valence-corrected chi connectivity index (χ1v) is 11.6. The van der Waals surface area contributed by atoms with Crippen LogP contribution in [0.3, 0.4) is 0 Å². The van der Waals surface area contributed by atoms with E-state index in [9.17, 15) is 9.59 Å². The second-order valence-electron chi connectivity index (χ2n) is 9.97. The van der Waals surface area contributed by atoms with Gasteiger partial charge in [-0.2, -0.15) is 0 Å². The van der Waals surface area contributed by atoms with Gasteiger partial charge in [-0.1, -0.05) is 60.7 Å². The molecule has 0 aliphatic heterocycles. The zero-order valence-corrected chi connectivity index (χ0v) is 18.1. The minimum Gasteiger partial charge on any atom is -0.467 e. The van der Waals surface area contributed by atoms with Crippen LogP contribution in [0.1, 0.15) is 55.6 Å². The van der Waals surface area contributed by atoms with Crippen molar-refractivity contribution in [3.05, 3.63) is 71.8 Å². The number of amides is 1. The Morgan fingerprint density at radius 2 is 1.29 bits per heavy atom. The van der Waals surface area contributed by atoms with Crippen LogP contribution in [-0.2, 0) is 14.3 Å². The van der Waals surface area contributed by atoms with E-state index in [1.807, 2.05) is 60.7 Å². The number of carbonyl (C=O) groups excluding carboxylic acids is 2. The van der Waals surface area contributed by atoms with Gasteiger partial charge in [0, 0.05) is 11.3 Å². The smallest absolute Gasteiger partial charge is 0.329 e. The SMILES string of the molecule is COC(=O)[C@@H](NC(=O)C12CC3CC(CC(C3)C1)C2)C(c1ccccc1)c1ccccc1. The Labute approximate surface area is 184 Å². The van der Waals surface area contributed by atoms with Gasteiger partial charge in [0.15, 0.2) is 0 Å². The van der Waals surface area contributed by atoms with Crippen LogP contribution >= 0.6 is 0 Å². The topological polar surface area (TPSA) is 55.4 Å². The second-order valence-corrected chi connectivity index (χ2v) is 9.97. The first-order chi connectivity index (χ1) is 15.1. The van der Waals surface area contributed by atoms with Crippen LogP contribution in [0.2, 0.25) is 0 Å². The van der Waals surface area contributed by atoms with Crippen molar-refractivity contribution in [3.8, 4) is 0 Å². The summed E-state index contributed by atoms with van der Waals surface area (Å²) >= 11 is 0. The minimum atomic E-state index is -0.754. The Morgan fingerprint density at radius 3 is 1.71 bits per heavy atom. The van der Waals surface area contributed by atoms with E-state index in [0.29, 0.717) is 17.8 Å². The number of hydrogen-bond donors (Lipinski definition) is 1. The lowest BCUT2D eigenvalue weighted by atomic mass is 9.49. The number of nitrogens with one attached hydrogen (secondary N) is 1. The number of carbonyl (C=O) groups is 2. The van der Waals surface area contributed by atoms with E-state index < -0.39 is 12.0 Å². The van der Waals surface area contributed by atoms with Crippen molar-refractivity contribution < 1.29 is 14.3 Å². The average Bonchev–Trinajstić information content (AvgIpc) is 2.78. The molecule has 4 saturated carbocycles. The third-order valence-corrected chi connectivity index (χ3v) is 7.91. The van der Waals surface area contributed by atoms with Crippen LogP contribution in [0.4, 0.5) is 0 Å². The molecule has 1 N–H and O–H groups in total. The Balaban J connectivity index is 1.48. The zero-order valence-electron chi connectivity index (χ0n) is 18.1. The highest BCUT2D eigenvalue weighted by atomic mass is 16.5. The van der Waals surface area contributed by atoms with Crippen molar-refractivity contribution in [2.45, 2.75) is 50.5 Å². The van der Waals surface area contributed by atoms with E-state index in [2.05, 4.69) is 5.32 Å². The first kappa shape index (κ1) is 20.3. The highest BCUT2D eigenvalue weighted by molar-refractivity contribution is 5.89. The van der Waals surface area contributed by atoms with Gasteiger partial charge in [0.25, 0.3) is 0 Å². The maximum absolute atomic E-state index is 13.8. The molecule has 0 radical (unpaired) electrons. The molecule has 6 rings (SSSR count). The molecule has 4 bridgehead atoms. The fourth-order valence-electron chi connectivity index (χ4n) is 6.99. The fourth-order valence-corrected chi connectivity index (χ4v) is 6.99. The summed E-state index contributed by atoms with van der Waals surface area (Å²) in [5.74, 6) is 1.38. The normalized spacial score (nSPS) is 29.5. The van der Waals surface area contributed by atoms with Gasteiger partial charge >= 0.3 is 5.97 Å². The van der Waals surface area contributed by atoms with E-state index in [1.54, 1.807) is 0 Å². The van der Waals surface area contributed by atoms with Gasteiger partial charge in [-0.25, -0.2) is 4.79 Å². The van der Waals surface area contributed by atoms with Gasteiger partial charge in [0.2, 0.25) is 5.91 Å². The van der Waals surface area contributed by atoms with E-state index in [4.69, 9.17) is 4.74 Å². The van der Waals surface area contributed by atoms with E-state index in [0.717, 1.165) is 30.4 Å². The monoisotopic (exact) mass is 417 g/mol. The lowest BCUT2D eigenvalue weighted by Gasteiger charge is -2.55. The summed E-state index contributed by atoms with van der Waals surface area (Å²) in [5, 5.41) is 3.21. The van der Waals surface area contributed by atoms with Gasteiger partial charge in [-0.05, 0) is 67.4 Å². The maximum Gasteiger partial charge on any atom is 0.329 e. The third-order valence-electron chi connectivity index (χ3n) is 7.91. The Morgan fingerprint density at radius 1 is 0.839 bits per heavy atom. The summed E-state index contributed by atoms with van der Waals surface area (Å²) in [6.45, 7) is 0. The molecule has 1 atom stereocenters. The number of hydrogen-bond acceptors (Lipinski definition) is 3. The number of rotatable bonds is 6. The highest BCUT2D eigenvalue weighted by Gasteiger charge is 2.55. The van der Waals surface area contributed by atoms with Crippen molar-refractivity contribution in [1.29, 1.82) is 0 Å². The van der Waals surface area contributed by atoms with Gasteiger partial charge in [0.05, 0.1) is 7.11 Å². The highest BCUT2D eigenvalue weighted by Crippen LogP contribution is 2.60. The van der Waals surface area contributed by atoms with Crippen LogP contribution in [0.5, 0.6) is 0 Å². The molecular formula is C27H31NO3. The molecule has 162 valence electrons. The van der Waals surface area contributed by atoms with Crippen molar-refractivity contribution in [1.82, 2.24) is 5.32 Å².